The number of carbonyl (C=O) groups is 3. The molecule has 0 aromatic heterocycles. The Balaban J connectivity index is 2.72. The number of carboxylic acids is 1. The summed E-state index contributed by atoms with van der Waals surface area (Å²) >= 11 is 0. The summed E-state index contributed by atoms with van der Waals surface area (Å²) in [7, 11) is 1.39. The van der Waals surface area contributed by atoms with Gasteiger partial charge in [0, 0.05) is 12.6 Å². The van der Waals surface area contributed by atoms with Gasteiger partial charge in [-0.05, 0) is 26.0 Å². The maximum Gasteiger partial charge on any atom is 0.323 e. The van der Waals surface area contributed by atoms with E-state index in [0.29, 0.717) is 11.3 Å². The minimum absolute atomic E-state index is 0.0996. The smallest absolute Gasteiger partial charge is 0.323 e. The fourth-order valence-corrected chi connectivity index (χ4v) is 1.63. The van der Waals surface area contributed by atoms with Gasteiger partial charge in [-0.1, -0.05) is 12.1 Å². The molecule has 0 aliphatic carbocycles. The molecular weight excluding hydrogens is 262 g/mol. The Morgan fingerprint density at radius 1 is 1.35 bits per heavy atom. The van der Waals surface area contributed by atoms with Crippen LogP contribution in [0.5, 0.6) is 5.75 Å². The Hall–Kier alpha value is -2.37. The van der Waals surface area contributed by atoms with Gasteiger partial charge in [0.2, 0.25) is 0 Å². The predicted octanol–water partition coefficient (Wildman–Crippen LogP) is 1.20. The second kappa shape index (κ2) is 6.70. The van der Waals surface area contributed by atoms with Crippen LogP contribution in [-0.4, -0.2) is 47.4 Å². The number of carboxylic acid groups (broad SMARTS) is 1. The van der Waals surface area contributed by atoms with Gasteiger partial charge in [-0.2, -0.15) is 0 Å². The van der Waals surface area contributed by atoms with Crippen LogP contribution in [-0.2, 0) is 9.59 Å². The molecule has 0 aliphatic rings. The third kappa shape index (κ3) is 4.38. The summed E-state index contributed by atoms with van der Waals surface area (Å²) in [6.45, 7) is 2.58. The Morgan fingerprint density at radius 2 is 2.00 bits per heavy atom. The molecule has 20 heavy (non-hydrogen) atoms. The van der Waals surface area contributed by atoms with Gasteiger partial charge in [-0.3, -0.25) is 14.4 Å². The standard InChI is InChI=1S/C14H17NO5/c1-9(16)11-5-4-6-12(7-11)20-10(2)14(19)15(3)8-13(17)18/h4-7,10H,8H2,1-3H3,(H,17,18). The number of nitrogens with zero attached hydrogens (tertiary/aromatic N) is 1. The molecule has 6 nitrogen and oxygen atoms in total. The highest BCUT2D eigenvalue weighted by atomic mass is 16.5. The fourth-order valence-electron chi connectivity index (χ4n) is 1.63. The van der Waals surface area contributed by atoms with Crippen molar-refractivity contribution in [3.63, 3.8) is 0 Å². The Labute approximate surface area is 117 Å². The van der Waals surface area contributed by atoms with E-state index >= 15 is 0 Å². The molecule has 1 aromatic rings. The highest BCUT2D eigenvalue weighted by Crippen LogP contribution is 2.16. The number of ketones is 1. The first-order valence-electron chi connectivity index (χ1n) is 6.05. The number of likely N-dealkylation sites (N-methyl/N-ethyl adjacent to an activating group) is 1. The van der Waals surface area contributed by atoms with E-state index in [9.17, 15) is 14.4 Å². The first-order chi connectivity index (χ1) is 9.31. The van der Waals surface area contributed by atoms with E-state index in [1.807, 2.05) is 0 Å². The van der Waals surface area contributed by atoms with Crippen LogP contribution in [0, 0.1) is 0 Å². The van der Waals surface area contributed by atoms with Gasteiger partial charge in [0.05, 0.1) is 0 Å². The number of benzene rings is 1. The molecule has 1 amide bonds. The summed E-state index contributed by atoms with van der Waals surface area (Å²) in [6, 6.07) is 6.49. The zero-order chi connectivity index (χ0) is 15.3. The minimum Gasteiger partial charge on any atom is -0.481 e. The number of aliphatic carboxylic acids is 1. The SMILES string of the molecule is CC(=O)c1cccc(OC(C)C(=O)N(C)CC(=O)O)c1. The predicted molar refractivity (Wildman–Crippen MR) is 71.8 cm³/mol. The molecule has 1 N–H and O–H groups in total. The Bertz CT molecular complexity index is 526. The molecule has 0 aliphatic heterocycles. The fraction of sp³-hybridized carbons (Fsp3) is 0.357. The van der Waals surface area contributed by atoms with Gasteiger partial charge in [-0.15, -0.1) is 0 Å². The third-order valence-corrected chi connectivity index (χ3v) is 2.65. The van der Waals surface area contributed by atoms with Crippen LogP contribution >= 0.6 is 0 Å². The number of hydrogen-bond acceptors (Lipinski definition) is 4. The summed E-state index contributed by atoms with van der Waals surface area (Å²) in [6.07, 6.45) is -0.832. The van der Waals surface area contributed by atoms with Crippen LogP contribution in [0.3, 0.4) is 0 Å². The average Bonchev–Trinajstić information content (AvgIpc) is 2.37. The van der Waals surface area contributed by atoms with E-state index < -0.39 is 18.0 Å². The zero-order valence-corrected chi connectivity index (χ0v) is 11.6. The molecule has 1 rings (SSSR count). The molecule has 108 valence electrons. The lowest BCUT2D eigenvalue weighted by Gasteiger charge is -2.20. The average molecular weight is 279 g/mol. The lowest BCUT2D eigenvalue weighted by molar-refractivity contribution is -0.146. The molecule has 0 radical (unpaired) electrons. The molecule has 0 saturated carbocycles. The quantitative estimate of drug-likeness (QED) is 0.791. The van der Waals surface area contributed by atoms with Crippen molar-refractivity contribution in [2.45, 2.75) is 20.0 Å². The first kappa shape index (κ1) is 15.7. The summed E-state index contributed by atoms with van der Waals surface area (Å²) < 4.78 is 5.43. The van der Waals surface area contributed by atoms with Crippen molar-refractivity contribution in [1.29, 1.82) is 0 Å². The van der Waals surface area contributed by atoms with Crippen LogP contribution < -0.4 is 4.74 Å². The molecular formula is C14H17NO5. The first-order valence-corrected chi connectivity index (χ1v) is 6.05. The number of rotatable bonds is 6. The maximum absolute atomic E-state index is 11.9. The van der Waals surface area contributed by atoms with Gasteiger partial charge in [0.1, 0.15) is 12.3 Å². The number of ether oxygens (including phenoxy) is 1. The number of hydrogen-bond donors (Lipinski definition) is 1. The third-order valence-electron chi connectivity index (χ3n) is 2.65. The van der Waals surface area contributed by atoms with Gasteiger partial charge in [-0.25, -0.2) is 0 Å². The molecule has 1 unspecified atom stereocenters. The van der Waals surface area contributed by atoms with Gasteiger partial charge in [0.25, 0.3) is 5.91 Å². The molecule has 0 heterocycles. The monoisotopic (exact) mass is 279 g/mol. The molecule has 1 atom stereocenters. The minimum atomic E-state index is -1.09. The van der Waals surface area contributed by atoms with E-state index in [0.717, 1.165) is 4.90 Å². The summed E-state index contributed by atoms with van der Waals surface area (Å²) in [5.41, 5.74) is 0.487. The van der Waals surface area contributed by atoms with Crippen LogP contribution in [0.2, 0.25) is 0 Å². The molecule has 1 aromatic carbocycles. The lowest BCUT2D eigenvalue weighted by atomic mass is 10.1. The van der Waals surface area contributed by atoms with Crippen molar-refractivity contribution in [2.24, 2.45) is 0 Å². The van der Waals surface area contributed by atoms with E-state index in [1.54, 1.807) is 24.3 Å². The highest BCUT2D eigenvalue weighted by Gasteiger charge is 2.21. The van der Waals surface area contributed by atoms with E-state index in [2.05, 4.69) is 0 Å². The Morgan fingerprint density at radius 3 is 2.55 bits per heavy atom. The van der Waals surface area contributed by atoms with Gasteiger partial charge in [0.15, 0.2) is 11.9 Å². The summed E-state index contributed by atoms with van der Waals surface area (Å²) in [4.78, 5) is 34.7. The van der Waals surface area contributed by atoms with E-state index in [1.165, 1.54) is 20.9 Å². The molecule has 0 spiro atoms. The van der Waals surface area contributed by atoms with Crippen LogP contribution in [0.15, 0.2) is 24.3 Å². The summed E-state index contributed by atoms with van der Waals surface area (Å²) in [5.74, 6) is -1.24. The normalized spacial score (nSPS) is 11.6. The molecule has 6 heteroatoms. The van der Waals surface area contributed by atoms with E-state index in [-0.39, 0.29) is 12.3 Å². The van der Waals surface area contributed by atoms with Gasteiger partial charge < -0.3 is 14.7 Å². The Kier molecular flexibility index (Phi) is 5.25. The van der Waals surface area contributed by atoms with Crippen molar-refractivity contribution in [3.05, 3.63) is 29.8 Å². The van der Waals surface area contributed by atoms with Crippen molar-refractivity contribution in [3.8, 4) is 5.75 Å². The second-order valence-electron chi connectivity index (χ2n) is 4.43. The second-order valence-corrected chi connectivity index (χ2v) is 4.43. The van der Waals surface area contributed by atoms with Crippen molar-refractivity contribution in [2.75, 3.05) is 13.6 Å². The van der Waals surface area contributed by atoms with Crippen LogP contribution in [0.4, 0.5) is 0 Å². The highest BCUT2D eigenvalue weighted by molar-refractivity contribution is 5.94. The summed E-state index contributed by atoms with van der Waals surface area (Å²) in [5, 5.41) is 8.63. The molecule has 0 fully saturated rings. The zero-order valence-electron chi connectivity index (χ0n) is 11.6. The van der Waals surface area contributed by atoms with E-state index in [4.69, 9.17) is 9.84 Å². The van der Waals surface area contributed by atoms with Crippen LogP contribution in [0.25, 0.3) is 0 Å². The number of amides is 1. The largest absolute Gasteiger partial charge is 0.481 e. The van der Waals surface area contributed by atoms with Crippen molar-refractivity contribution in [1.82, 2.24) is 4.90 Å². The maximum atomic E-state index is 11.9. The van der Waals surface area contributed by atoms with Gasteiger partial charge >= 0.3 is 5.97 Å². The number of Topliss-reactive ketones (excluding diaryl/α,β-unsaturated/α-hetero) is 1. The van der Waals surface area contributed by atoms with Crippen molar-refractivity contribution < 1.29 is 24.2 Å². The van der Waals surface area contributed by atoms with Crippen LogP contribution in [0.1, 0.15) is 24.2 Å². The topological polar surface area (TPSA) is 83.9 Å². The molecule has 0 saturated heterocycles. The molecule has 0 bridgehead atoms. The number of carbonyl (C=O) groups excluding carboxylic acids is 2. The van der Waals surface area contributed by atoms with Crippen molar-refractivity contribution >= 4 is 17.7 Å². The lowest BCUT2D eigenvalue weighted by Crippen LogP contribution is -2.40.